The Bertz CT molecular complexity index is 1230. The minimum atomic E-state index is -0.417. The fourth-order valence-corrected chi connectivity index (χ4v) is 4.02. The van der Waals surface area contributed by atoms with Gasteiger partial charge >= 0.3 is 0 Å². The highest BCUT2D eigenvalue weighted by molar-refractivity contribution is 7.98. The molecule has 0 aliphatic heterocycles. The summed E-state index contributed by atoms with van der Waals surface area (Å²) in [5.41, 5.74) is 3.63. The van der Waals surface area contributed by atoms with E-state index in [1.54, 1.807) is 18.8 Å². The average Bonchev–Trinajstić information content (AvgIpc) is 2.92. The van der Waals surface area contributed by atoms with Crippen molar-refractivity contribution in [3.63, 3.8) is 0 Å². The molecule has 0 saturated carbocycles. The molecule has 4 rings (SSSR count). The molecule has 0 fully saturated rings. The van der Waals surface area contributed by atoms with Crippen molar-refractivity contribution < 1.29 is 14.0 Å². The van der Waals surface area contributed by atoms with E-state index in [2.05, 4.69) is 36.5 Å². The van der Waals surface area contributed by atoms with Crippen LogP contribution in [-0.4, -0.2) is 25.4 Å². The van der Waals surface area contributed by atoms with Crippen LogP contribution in [-0.2, 0) is 10.5 Å². The predicted octanol–water partition coefficient (Wildman–Crippen LogP) is 6.51. The van der Waals surface area contributed by atoms with Crippen LogP contribution in [0.3, 0.4) is 0 Å². The lowest BCUT2D eigenvalue weighted by Gasteiger charge is -2.18. The fraction of sp³-hybridized carbons (Fsp3) is 0.133. The molecule has 4 aromatic rings. The highest BCUT2D eigenvalue weighted by Gasteiger charge is 2.13. The van der Waals surface area contributed by atoms with Gasteiger partial charge in [-0.2, -0.15) is 0 Å². The van der Waals surface area contributed by atoms with E-state index < -0.39 is 11.7 Å². The summed E-state index contributed by atoms with van der Waals surface area (Å²) < 4.78 is 12.9. The Morgan fingerprint density at radius 2 is 1.39 bits per heavy atom. The Hall–Kier alpha value is -3.90. The van der Waals surface area contributed by atoms with Gasteiger partial charge in [-0.15, -0.1) is 11.8 Å². The third kappa shape index (κ3) is 8.71. The summed E-state index contributed by atoms with van der Waals surface area (Å²) in [4.78, 5) is 27.0. The monoisotopic (exact) mass is 500 g/mol. The zero-order valence-corrected chi connectivity index (χ0v) is 21.2. The van der Waals surface area contributed by atoms with Crippen LogP contribution < -0.4 is 10.2 Å². The van der Waals surface area contributed by atoms with Crippen LogP contribution in [0.2, 0.25) is 0 Å². The summed E-state index contributed by atoms with van der Waals surface area (Å²) in [6.45, 7) is 1.94. The van der Waals surface area contributed by atoms with Crippen LogP contribution in [0.4, 0.5) is 10.1 Å². The molecule has 184 valence electrons. The first kappa shape index (κ1) is 26.7. The maximum absolute atomic E-state index is 12.9. The van der Waals surface area contributed by atoms with E-state index in [9.17, 15) is 14.0 Å². The lowest BCUT2D eigenvalue weighted by molar-refractivity contribution is -0.117. The normalized spacial score (nSPS) is 10.1. The number of thioether (sulfide) groups is 1. The maximum atomic E-state index is 12.9. The zero-order chi connectivity index (χ0) is 25.8. The first-order chi connectivity index (χ1) is 17.4. The summed E-state index contributed by atoms with van der Waals surface area (Å²) in [5.74, 6) is -0.197. The maximum Gasteiger partial charge on any atom is 0.251 e. The number of anilines is 1. The van der Waals surface area contributed by atoms with Crippen molar-refractivity contribution in [2.75, 3.05) is 18.5 Å². The topological polar surface area (TPSA) is 49.4 Å². The molecule has 6 heteroatoms. The summed E-state index contributed by atoms with van der Waals surface area (Å²) in [6, 6.07) is 33.4. The number of benzene rings is 4. The lowest BCUT2D eigenvalue weighted by atomic mass is 10.2. The molecule has 1 N–H and O–H groups in total. The van der Waals surface area contributed by atoms with Crippen molar-refractivity contribution in [2.24, 2.45) is 0 Å². The molecule has 0 aliphatic carbocycles. The third-order valence-corrected chi connectivity index (χ3v) is 6.38. The summed E-state index contributed by atoms with van der Waals surface area (Å²) in [5, 5.41) is 2.56. The number of nitrogens with zero attached hydrogens (tertiary/aromatic N) is 1. The SMILES string of the molecule is CN(C(=O)CNC(=O)c1ccc(F)cc1)c1ccc(SCc2ccccc2)cc1.Cc1ccccc1. The summed E-state index contributed by atoms with van der Waals surface area (Å²) in [6.07, 6.45) is 0. The number of hydrogen-bond donors (Lipinski definition) is 1. The van der Waals surface area contributed by atoms with Gasteiger partial charge in [0, 0.05) is 28.9 Å². The number of rotatable bonds is 7. The molecule has 0 aromatic heterocycles. The Labute approximate surface area is 216 Å². The van der Waals surface area contributed by atoms with Gasteiger partial charge in [0.15, 0.2) is 0 Å². The van der Waals surface area contributed by atoms with Crippen molar-refractivity contribution in [1.82, 2.24) is 5.32 Å². The van der Waals surface area contributed by atoms with E-state index >= 15 is 0 Å². The minimum absolute atomic E-state index is 0.142. The largest absolute Gasteiger partial charge is 0.343 e. The Kier molecular flexibility index (Phi) is 10.3. The van der Waals surface area contributed by atoms with Crippen molar-refractivity contribution >= 4 is 29.3 Å². The van der Waals surface area contributed by atoms with Crippen molar-refractivity contribution in [2.45, 2.75) is 17.6 Å². The van der Waals surface area contributed by atoms with Gasteiger partial charge in [-0.1, -0.05) is 66.2 Å². The molecule has 4 aromatic carbocycles. The Morgan fingerprint density at radius 3 is 1.94 bits per heavy atom. The number of amides is 2. The van der Waals surface area contributed by atoms with E-state index in [1.165, 1.54) is 40.3 Å². The van der Waals surface area contributed by atoms with Gasteiger partial charge in [0.1, 0.15) is 5.82 Å². The number of carbonyl (C=O) groups excluding carboxylic acids is 2. The molecule has 4 nitrogen and oxygen atoms in total. The van der Waals surface area contributed by atoms with Crippen molar-refractivity contribution in [3.8, 4) is 0 Å². The van der Waals surface area contributed by atoms with Gasteiger partial charge in [0.2, 0.25) is 5.91 Å². The van der Waals surface area contributed by atoms with E-state index in [0.29, 0.717) is 5.56 Å². The highest BCUT2D eigenvalue weighted by Crippen LogP contribution is 2.25. The van der Waals surface area contributed by atoms with Gasteiger partial charge < -0.3 is 10.2 Å². The molecular formula is C30H29FN2O2S. The Morgan fingerprint density at radius 1 is 0.806 bits per heavy atom. The molecule has 36 heavy (non-hydrogen) atoms. The first-order valence-electron chi connectivity index (χ1n) is 11.5. The van der Waals surface area contributed by atoms with Crippen LogP contribution in [0.5, 0.6) is 0 Å². The molecule has 0 unspecified atom stereocenters. The number of hydrogen-bond acceptors (Lipinski definition) is 3. The summed E-state index contributed by atoms with van der Waals surface area (Å²) >= 11 is 1.73. The quantitative estimate of drug-likeness (QED) is 0.295. The van der Waals surface area contributed by atoms with Gasteiger partial charge in [-0.3, -0.25) is 9.59 Å². The molecule has 0 heterocycles. The van der Waals surface area contributed by atoms with Gasteiger partial charge in [-0.25, -0.2) is 4.39 Å². The number of aryl methyl sites for hydroxylation is 1. The number of nitrogens with one attached hydrogen (secondary N) is 1. The smallest absolute Gasteiger partial charge is 0.251 e. The van der Waals surface area contributed by atoms with Crippen LogP contribution in [0, 0.1) is 12.7 Å². The van der Waals surface area contributed by atoms with Gasteiger partial charge in [0.25, 0.3) is 5.91 Å². The first-order valence-corrected chi connectivity index (χ1v) is 12.5. The third-order valence-electron chi connectivity index (χ3n) is 5.29. The van der Waals surface area contributed by atoms with E-state index in [0.717, 1.165) is 16.3 Å². The van der Waals surface area contributed by atoms with E-state index in [4.69, 9.17) is 0 Å². The lowest BCUT2D eigenvalue weighted by Crippen LogP contribution is -2.38. The number of carbonyl (C=O) groups is 2. The van der Waals surface area contributed by atoms with Crippen molar-refractivity contribution in [3.05, 3.63) is 132 Å². The molecule has 0 bridgehead atoms. The van der Waals surface area contributed by atoms with Gasteiger partial charge in [0.05, 0.1) is 6.54 Å². The van der Waals surface area contributed by atoms with E-state index in [-0.39, 0.29) is 12.5 Å². The van der Waals surface area contributed by atoms with Crippen LogP contribution >= 0.6 is 11.8 Å². The predicted molar refractivity (Wildman–Crippen MR) is 146 cm³/mol. The fourth-order valence-electron chi connectivity index (χ4n) is 3.16. The second-order valence-electron chi connectivity index (χ2n) is 8.07. The van der Waals surface area contributed by atoms with Gasteiger partial charge in [-0.05, 0) is 61.0 Å². The second kappa shape index (κ2) is 13.9. The molecule has 0 spiro atoms. The molecule has 0 saturated heterocycles. The van der Waals surface area contributed by atoms with E-state index in [1.807, 2.05) is 60.7 Å². The minimum Gasteiger partial charge on any atom is -0.343 e. The highest BCUT2D eigenvalue weighted by atomic mass is 32.2. The van der Waals surface area contributed by atoms with Crippen molar-refractivity contribution in [1.29, 1.82) is 0 Å². The Balaban J connectivity index is 0.000000444. The number of halogens is 1. The molecule has 0 atom stereocenters. The number of likely N-dealkylation sites (N-methyl/N-ethyl adjacent to an activating group) is 1. The summed E-state index contributed by atoms with van der Waals surface area (Å²) in [7, 11) is 1.67. The van der Waals surface area contributed by atoms with Crippen LogP contribution in [0.15, 0.2) is 114 Å². The molecule has 0 radical (unpaired) electrons. The molecular weight excluding hydrogens is 471 g/mol. The molecule has 0 aliphatic rings. The molecule has 2 amide bonds. The zero-order valence-electron chi connectivity index (χ0n) is 20.4. The second-order valence-corrected chi connectivity index (χ2v) is 9.11. The standard InChI is InChI=1S/C23H21FN2O2S.C7H8/c1-26(22(27)15-25-23(28)18-7-9-19(24)10-8-18)20-11-13-21(14-12-20)29-16-17-5-3-2-4-6-17;1-7-5-3-2-4-6-7/h2-14H,15-16H2,1H3,(H,25,28);2-6H,1H3. The van der Waals surface area contributed by atoms with Crippen LogP contribution in [0.1, 0.15) is 21.5 Å². The average molecular weight is 501 g/mol. The van der Waals surface area contributed by atoms with Crippen LogP contribution in [0.25, 0.3) is 0 Å².